The Labute approximate surface area is 73.6 Å². The SMILES string of the molecule is Nc1cccc(-c2n[nH]c(=O)[nH]2)c1. The number of hydrogen-bond donors (Lipinski definition) is 3. The van der Waals surface area contributed by atoms with E-state index in [4.69, 9.17) is 5.73 Å². The molecule has 2 aromatic rings. The maximum atomic E-state index is 10.7. The molecule has 0 aliphatic heterocycles. The van der Waals surface area contributed by atoms with Crippen molar-refractivity contribution in [3.05, 3.63) is 34.7 Å². The van der Waals surface area contributed by atoms with Crippen molar-refractivity contribution < 1.29 is 0 Å². The number of rotatable bonds is 1. The highest BCUT2D eigenvalue weighted by molar-refractivity contribution is 5.60. The number of hydrogen-bond acceptors (Lipinski definition) is 3. The van der Waals surface area contributed by atoms with E-state index in [9.17, 15) is 4.79 Å². The van der Waals surface area contributed by atoms with E-state index in [0.717, 1.165) is 5.56 Å². The van der Waals surface area contributed by atoms with Crippen LogP contribution in [0.4, 0.5) is 5.69 Å². The predicted molar refractivity (Wildman–Crippen MR) is 49.1 cm³/mol. The van der Waals surface area contributed by atoms with Crippen LogP contribution >= 0.6 is 0 Å². The standard InChI is InChI=1S/C8H8N4O/c9-6-3-1-2-5(4-6)7-10-8(13)12-11-7/h1-4H,9H2,(H2,10,11,12,13). The molecule has 0 saturated carbocycles. The molecule has 0 radical (unpaired) electrons. The molecule has 0 fully saturated rings. The van der Waals surface area contributed by atoms with Gasteiger partial charge in [-0.1, -0.05) is 12.1 Å². The van der Waals surface area contributed by atoms with Crippen LogP contribution in [-0.2, 0) is 0 Å². The molecule has 1 aromatic heterocycles. The Balaban J connectivity index is 2.52. The third-order valence-electron chi connectivity index (χ3n) is 1.66. The molecule has 1 aromatic carbocycles. The molecule has 0 saturated heterocycles. The van der Waals surface area contributed by atoms with Crippen LogP contribution < -0.4 is 11.4 Å². The molecule has 13 heavy (non-hydrogen) atoms. The molecule has 1 heterocycles. The van der Waals surface area contributed by atoms with Gasteiger partial charge in [0.15, 0.2) is 5.82 Å². The molecular weight excluding hydrogens is 168 g/mol. The molecule has 0 spiro atoms. The van der Waals surface area contributed by atoms with Crippen LogP contribution in [0.5, 0.6) is 0 Å². The molecule has 0 aliphatic rings. The smallest absolute Gasteiger partial charge is 0.340 e. The van der Waals surface area contributed by atoms with E-state index in [-0.39, 0.29) is 5.69 Å². The maximum Gasteiger partial charge on any atom is 0.340 e. The van der Waals surface area contributed by atoms with E-state index in [1.807, 2.05) is 6.07 Å². The number of aromatic amines is 2. The zero-order valence-electron chi connectivity index (χ0n) is 6.74. The van der Waals surface area contributed by atoms with Crippen molar-refractivity contribution in [3.8, 4) is 11.4 Å². The number of benzene rings is 1. The zero-order chi connectivity index (χ0) is 9.26. The molecule has 2 rings (SSSR count). The third-order valence-corrected chi connectivity index (χ3v) is 1.66. The summed E-state index contributed by atoms with van der Waals surface area (Å²) in [7, 11) is 0. The van der Waals surface area contributed by atoms with Crippen LogP contribution in [0.2, 0.25) is 0 Å². The van der Waals surface area contributed by atoms with E-state index in [1.165, 1.54) is 0 Å². The largest absolute Gasteiger partial charge is 0.399 e. The number of nitrogen functional groups attached to an aromatic ring is 1. The highest BCUT2D eigenvalue weighted by Crippen LogP contribution is 2.15. The Morgan fingerprint density at radius 3 is 2.85 bits per heavy atom. The summed E-state index contributed by atoms with van der Waals surface area (Å²) in [5.74, 6) is 0.498. The first-order valence-electron chi connectivity index (χ1n) is 3.76. The third kappa shape index (κ3) is 1.44. The van der Waals surface area contributed by atoms with E-state index in [0.29, 0.717) is 11.5 Å². The van der Waals surface area contributed by atoms with Gasteiger partial charge >= 0.3 is 5.69 Å². The fraction of sp³-hybridized carbons (Fsp3) is 0. The summed E-state index contributed by atoms with van der Waals surface area (Å²) >= 11 is 0. The topological polar surface area (TPSA) is 87.6 Å². The van der Waals surface area contributed by atoms with Crippen LogP contribution in [0.1, 0.15) is 0 Å². The van der Waals surface area contributed by atoms with Crippen LogP contribution in [0.15, 0.2) is 29.1 Å². The molecule has 4 N–H and O–H groups in total. The number of aromatic nitrogens is 3. The van der Waals surface area contributed by atoms with Crippen LogP contribution in [0, 0.1) is 0 Å². The van der Waals surface area contributed by atoms with Gasteiger partial charge in [-0.05, 0) is 12.1 Å². The Kier molecular flexibility index (Phi) is 1.63. The first-order chi connectivity index (χ1) is 6.25. The molecule has 0 amide bonds. The number of H-pyrrole nitrogens is 2. The minimum Gasteiger partial charge on any atom is -0.399 e. The lowest BCUT2D eigenvalue weighted by Crippen LogP contribution is -2.00. The van der Waals surface area contributed by atoms with E-state index in [2.05, 4.69) is 15.2 Å². The average molecular weight is 176 g/mol. The van der Waals surface area contributed by atoms with Crippen molar-refractivity contribution in [2.75, 3.05) is 5.73 Å². The summed E-state index contributed by atoms with van der Waals surface area (Å²) in [6.07, 6.45) is 0. The number of nitrogens with one attached hydrogen (secondary N) is 2. The molecular formula is C8H8N4O. The minimum absolute atomic E-state index is 0.322. The Bertz CT molecular complexity index is 471. The fourth-order valence-electron chi connectivity index (χ4n) is 1.09. The summed E-state index contributed by atoms with van der Waals surface area (Å²) in [5, 5.41) is 6.06. The van der Waals surface area contributed by atoms with Gasteiger partial charge in [0, 0.05) is 11.3 Å². The highest BCUT2D eigenvalue weighted by Gasteiger charge is 2.00. The summed E-state index contributed by atoms with van der Waals surface area (Å²) in [5.41, 5.74) is 6.68. The van der Waals surface area contributed by atoms with Crippen LogP contribution in [0.3, 0.4) is 0 Å². The second kappa shape index (κ2) is 2.78. The van der Waals surface area contributed by atoms with Crippen molar-refractivity contribution in [3.63, 3.8) is 0 Å². The van der Waals surface area contributed by atoms with E-state index < -0.39 is 0 Å². The number of nitrogens with two attached hydrogens (primary N) is 1. The normalized spacial score (nSPS) is 10.2. The van der Waals surface area contributed by atoms with Gasteiger partial charge in [-0.25, -0.2) is 9.89 Å². The first-order valence-corrected chi connectivity index (χ1v) is 3.76. The second-order valence-corrected chi connectivity index (χ2v) is 2.65. The summed E-state index contributed by atoms with van der Waals surface area (Å²) in [4.78, 5) is 13.3. The van der Waals surface area contributed by atoms with Gasteiger partial charge in [-0.3, -0.25) is 4.98 Å². The van der Waals surface area contributed by atoms with Crippen molar-refractivity contribution in [2.45, 2.75) is 0 Å². The molecule has 0 aliphatic carbocycles. The number of nitrogens with zero attached hydrogens (tertiary/aromatic N) is 1. The Hall–Kier alpha value is -2.04. The molecule has 5 heteroatoms. The summed E-state index contributed by atoms with van der Waals surface area (Å²) in [6.45, 7) is 0. The maximum absolute atomic E-state index is 10.7. The van der Waals surface area contributed by atoms with Gasteiger partial charge in [0.05, 0.1) is 0 Å². The van der Waals surface area contributed by atoms with Gasteiger partial charge in [0.2, 0.25) is 0 Å². The molecule has 0 bridgehead atoms. The lowest BCUT2D eigenvalue weighted by Gasteiger charge is -1.96. The Morgan fingerprint density at radius 1 is 1.38 bits per heavy atom. The molecule has 0 unspecified atom stereocenters. The lowest BCUT2D eigenvalue weighted by molar-refractivity contribution is 1.05. The van der Waals surface area contributed by atoms with Gasteiger partial charge < -0.3 is 5.73 Å². The van der Waals surface area contributed by atoms with E-state index >= 15 is 0 Å². The quantitative estimate of drug-likeness (QED) is 0.548. The van der Waals surface area contributed by atoms with Gasteiger partial charge in [-0.2, -0.15) is 5.10 Å². The van der Waals surface area contributed by atoms with Gasteiger partial charge in [-0.15, -0.1) is 0 Å². The molecule has 0 atom stereocenters. The number of anilines is 1. The van der Waals surface area contributed by atoms with Crippen molar-refractivity contribution in [2.24, 2.45) is 0 Å². The van der Waals surface area contributed by atoms with Crippen LogP contribution in [-0.4, -0.2) is 15.2 Å². The summed E-state index contributed by atoms with van der Waals surface area (Å²) in [6, 6.07) is 7.14. The molecule has 5 nitrogen and oxygen atoms in total. The minimum atomic E-state index is -0.322. The van der Waals surface area contributed by atoms with Gasteiger partial charge in [0.1, 0.15) is 0 Å². The van der Waals surface area contributed by atoms with Crippen molar-refractivity contribution >= 4 is 5.69 Å². The first kappa shape index (κ1) is 7.60. The predicted octanol–water partition coefficient (Wildman–Crippen LogP) is 0.347. The van der Waals surface area contributed by atoms with E-state index in [1.54, 1.807) is 18.2 Å². The fourth-order valence-corrected chi connectivity index (χ4v) is 1.09. The second-order valence-electron chi connectivity index (χ2n) is 2.65. The zero-order valence-corrected chi connectivity index (χ0v) is 6.74. The molecule has 66 valence electrons. The lowest BCUT2D eigenvalue weighted by atomic mass is 10.2. The Morgan fingerprint density at radius 2 is 2.23 bits per heavy atom. The van der Waals surface area contributed by atoms with Crippen LogP contribution in [0.25, 0.3) is 11.4 Å². The van der Waals surface area contributed by atoms with Gasteiger partial charge in [0.25, 0.3) is 0 Å². The highest BCUT2D eigenvalue weighted by atomic mass is 16.1. The summed E-state index contributed by atoms with van der Waals surface area (Å²) < 4.78 is 0. The van der Waals surface area contributed by atoms with Crippen molar-refractivity contribution in [1.82, 2.24) is 15.2 Å². The monoisotopic (exact) mass is 176 g/mol. The van der Waals surface area contributed by atoms with Crippen molar-refractivity contribution in [1.29, 1.82) is 0 Å². The average Bonchev–Trinajstić information content (AvgIpc) is 2.52.